The second-order valence-corrected chi connectivity index (χ2v) is 10.2. The van der Waals surface area contributed by atoms with Crippen LogP contribution in [-0.2, 0) is 16.0 Å². The number of benzene rings is 1. The largest absolute Gasteiger partial charge is 0.504 e. The molecule has 0 bridgehead atoms. The molecular formula is C27H45N5O4. The van der Waals surface area contributed by atoms with E-state index >= 15 is 0 Å². The molecule has 36 heavy (non-hydrogen) atoms. The highest BCUT2D eigenvalue weighted by molar-refractivity contribution is 5.94. The maximum Gasteiger partial charge on any atom is 0.231 e. The van der Waals surface area contributed by atoms with Gasteiger partial charge in [0.05, 0.1) is 7.11 Å². The summed E-state index contributed by atoms with van der Waals surface area (Å²) in [5.41, 5.74) is 6.23. The molecule has 1 heterocycles. The van der Waals surface area contributed by atoms with Crippen LogP contribution in [0.25, 0.3) is 0 Å². The zero-order valence-electron chi connectivity index (χ0n) is 23.6. The van der Waals surface area contributed by atoms with Crippen LogP contribution in [0.4, 0.5) is 11.8 Å². The average Bonchev–Trinajstić information content (AvgIpc) is 2.77. The van der Waals surface area contributed by atoms with Gasteiger partial charge in [0.1, 0.15) is 12.1 Å². The number of methoxy groups -OCH3 is 1. The molecular weight excluding hydrogens is 458 g/mol. The minimum absolute atomic E-state index is 0.0445. The number of carbonyl (C=O) groups is 2. The summed E-state index contributed by atoms with van der Waals surface area (Å²) in [4.78, 5) is 34.2. The van der Waals surface area contributed by atoms with Crippen LogP contribution in [-0.4, -0.2) is 60.4 Å². The molecule has 9 nitrogen and oxygen atoms in total. The second kappa shape index (κ2) is 15.0. The summed E-state index contributed by atoms with van der Waals surface area (Å²) in [5.74, 6) is 0.567. The highest BCUT2D eigenvalue weighted by atomic mass is 16.5. The number of aromatic nitrogens is 2. The Morgan fingerprint density at radius 2 is 1.78 bits per heavy atom. The monoisotopic (exact) mass is 503 g/mol. The number of anilines is 2. The van der Waals surface area contributed by atoms with E-state index in [0.717, 1.165) is 11.8 Å². The van der Waals surface area contributed by atoms with Gasteiger partial charge in [0.2, 0.25) is 11.9 Å². The first-order valence-electron chi connectivity index (χ1n) is 12.0. The first-order valence-corrected chi connectivity index (χ1v) is 12.0. The highest BCUT2D eigenvalue weighted by Gasteiger charge is 2.35. The smallest absolute Gasteiger partial charge is 0.231 e. The third kappa shape index (κ3) is 11.5. The third-order valence-electron chi connectivity index (χ3n) is 4.92. The summed E-state index contributed by atoms with van der Waals surface area (Å²) in [5, 5.41) is 12.7. The fraction of sp³-hybridized carbons (Fsp3) is 0.556. The van der Waals surface area contributed by atoms with Gasteiger partial charge in [-0.25, -0.2) is 4.98 Å². The van der Waals surface area contributed by atoms with E-state index in [9.17, 15) is 14.7 Å². The quantitative estimate of drug-likeness (QED) is 0.425. The first-order chi connectivity index (χ1) is 16.7. The van der Waals surface area contributed by atoms with E-state index in [1.54, 1.807) is 24.4 Å². The van der Waals surface area contributed by atoms with Gasteiger partial charge in [-0.05, 0) is 50.7 Å². The molecule has 0 saturated heterocycles. The van der Waals surface area contributed by atoms with Crippen LogP contribution in [0.15, 0.2) is 24.4 Å². The van der Waals surface area contributed by atoms with Crippen molar-refractivity contribution in [2.24, 2.45) is 10.8 Å². The summed E-state index contributed by atoms with van der Waals surface area (Å²) in [6, 6.07) is 5.01. The predicted molar refractivity (Wildman–Crippen MR) is 146 cm³/mol. The SMILES string of the molecule is CC.CN(C)C.COc1cc(Cc2cnc(N)nc2NC(=O)C(C)(C)CC(C)(C)CC=O)ccc1O. The van der Waals surface area contributed by atoms with Crippen LogP contribution in [0, 0.1) is 10.8 Å². The van der Waals surface area contributed by atoms with E-state index in [-0.39, 0.29) is 23.0 Å². The van der Waals surface area contributed by atoms with E-state index in [1.807, 2.05) is 67.6 Å². The van der Waals surface area contributed by atoms with Crippen LogP contribution >= 0.6 is 0 Å². The van der Waals surface area contributed by atoms with Crippen molar-refractivity contribution in [1.82, 2.24) is 14.9 Å². The van der Waals surface area contributed by atoms with Gasteiger partial charge in [-0.1, -0.05) is 47.6 Å². The Balaban J connectivity index is 0.00000185. The average molecular weight is 504 g/mol. The van der Waals surface area contributed by atoms with Crippen LogP contribution in [0.1, 0.15) is 65.5 Å². The molecule has 0 aliphatic rings. The number of aromatic hydroxyl groups is 1. The van der Waals surface area contributed by atoms with Gasteiger partial charge in [0.25, 0.3) is 0 Å². The zero-order chi connectivity index (χ0) is 28.1. The second-order valence-electron chi connectivity index (χ2n) is 10.2. The van der Waals surface area contributed by atoms with Crippen molar-refractivity contribution < 1.29 is 19.4 Å². The van der Waals surface area contributed by atoms with Gasteiger partial charge < -0.3 is 30.6 Å². The fourth-order valence-electron chi connectivity index (χ4n) is 3.56. The standard InChI is InChI=1S/C22H30N4O4.C3H9N.C2H6/c1-21(2,8-9-27)13-22(3,4)19(29)25-18-15(12-24-20(23)26-18)10-14-6-7-16(28)17(11-14)30-5;1-4(2)3;1-2/h6-7,9,11-12,28H,8,10,13H2,1-5H3,(H3,23,24,25,26,29);1-3H3;1-2H3. The number of rotatable bonds is 9. The zero-order valence-corrected chi connectivity index (χ0v) is 23.6. The Hall–Kier alpha value is -3.20. The summed E-state index contributed by atoms with van der Waals surface area (Å²) >= 11 is 0. The molecule has 1 aromatic carbocycles. The summed E-state index contributed by atoms with van der Waals surface area (Å²) < 4.78 is 5.15. The molecule has 1 amide bonds. The lowest BCUT2D eigenvalue weighted by Crippen LogP contribution is -2.36. The Morgan fingerprint density at radius 1 is 1.19 bits per heavy atom. The Bertz CT molecular complexity index is 972. The van der Waals surface area contributed by atoms with E-state index in [1.165, 1.54) is 7.11 Å². The lowest BCUT2D eigenvalue weighted by atomic mass is 9.73. The number of ether oxygens (including phenoxy) is 1. The maximum absolute atomic E-state index is 13.0. The Morgan fingerprint density at radius 3 is 2.31 bits per heavy atom. The molecule has 1 aromatic heterocycles. The van der Waals surface area contributed by atoms with Crippen LogP contribution in [0.5, 0.6) is 11.5 Å². The van der Waals surface area contributed by atoms with E-state index in [0.29, 0.717) is 36.4 Å². The minimum atomic E-state index is -0.731. The predicted octanol–water partition coefficient (Wildman–Crippen LogP) is 4.54. The highest BCUT2D eigenvalue weighted by Crippen LogP contribution is 2.36. The van der Waals surface area contributed by atoms with Crippen molar-refractivity contribution in [2.75, 3.05) is 39.3 Å². The van der Waals surface area contributed by atoms with Crippen molar-refractivity contribution in [3.63, 3.8) is 0 Å². The third-order valence-corrected chi connectivity index (χ3v) is 4.92. The normalized spacial score (nSPS) is 11.0. The van der Waals surface area contributed by atoms with Crippen molar-refractivity contribution in [3.8, 4) is 11.5 Å². The number of nitrogens with one attached hydrogen (secondary N) is 1. The van der Waals surface area contributed by atoms with Gasteiger partial charge in [0.15, 0.2) is 11.5 Å². The minimum Gasteiger partial charge on any atom is -0.504 e. The van der Waals surface area contributed by atoms with E-state index in [4.69, 9.17) is 10.5 Å². The first kappa shape index (κ1) is 32.8. The molecule has 2 aromatic rings. The Labute approximate surface area is 216 Å². The number of hydrogen-bond donors (Lipinski definition) is 3. The maximum atomic E-state index is 13.0. The van der Waals surface area contributed by atoms with Gasteiger partial charge in [-0.15, -0.1) is 0 Å². The molecule has 0 atom stereocenters. The van der Waals surface area contributed by atoms with Crippen LogP contribution in [0.3, 0.4) is 0 Å². The molecule has 0 saturated carbocycles. The number of phenols is 1. The number of carbonyl (C=O) groups excluding carboxylic acids is 2. The number of nitrogen functional groups attached to an aromatic ring is 1. The van der Waals surface area contributed by atoms with Crippen molar-refractivity contribution >= 4 is 24.0 Å². The molecule has 202 valence electrons. The molecule has 2 rings (SSSR count). The lowest BCUT2D eigenvalue weighted by Gasteiger charge is -2.32. The molecule has 0 fully saturated rings. The van der Waals surface area contributed by atoms with Crippen molar-refractivity contribution in [1.29, 1.82) is 0 Å². The number of nitrogens with two attached hydrogens (primary N) is 1. The number of nitrogens with zero attached hydrogens (tertiary/aromatic N) is 3. The van der Waals surface area contributed by atoms with Gasteiger partial charge in [-0.2, -0.15) is 4.98 Å². The number of aldehydes is 1. The molecule has 0 aliphatic carbocycles. The Kier molecular flexibility index (Phi) is 13.7. The van der Waals surface area contributed by atoms with Crippen LogP contribution < -0.4 is 15.8 Å². The molecule has 0 unspecified atom stereocenters. The molecule has 0 spiro atoms. The van der Waals surface area contributed by atoms with Gasteiger partial charge >= 0.3 is 0 Å². The van der Waals surface area contributed by atoms with Crippen molar-refractivity contribution in [2.45, 2.75) is 60.8 Å². The summed E-state index contributed by atoms with van der Waals surface area (Å²) in [7, 11) is 7.48. The molecule has 9 heteroatoms. The van der Waals surface area contributed by atoms with Crippen LogP contribution in [0.2, 0.25) is 0 Å². The fourth-order valence-corrected chi connectivity index (χ4v) is 3.56. The molecule has 4 N–H and O–H groups in total. The summed E-state index contributed by atoms with van der Waals surface area (Å²) in [6.45, 7) is 11.6. The number of hydrogen-bond acceptors (Lipinski definition) is 8. The van der Waals surface area contributed by atoms with Gasteiger partial charge in [-0.3, -0.25) is 4.79 Å². The lowest BCUT2D eigenvalue weighted by molar-refractivity contribution is -0.126. The molecule has 0 aliphatic heterocycles. The number of phenolic OH excluding ortho intramolecular Hbond substituents is 1. The van der Waals surface area contributed by atoms with Crippen molar-refractivity contribution in [3.05, 3.63) is 35.5 Å². The summed E-state index contributed by atoms with van der Waals surface area (Å²) in [6.07, 6.45) is 3.75. The molecule has 0 radical (unpaired) electrons. The van der Waals surface area contributed by atoms with E-state index in [2.05, 4.69) is 15.3 Å². The number of amides is 1. The van der Waals surface area contributed by atoms with Gasteiger partial charge in [0, 0.05) is 30.0 Å². The topological polar surface area (TPSA) is 131 Å². The van der Waals surface area contributed by atoms with E-state index < -0.39 is 5.41 Å².